The van der Waals surface area contributed by atoms with E-state index in [1.165, 1.54) is 12.1 Å². The van der Waals surface area contributed by atoms with Crippen molar-refractivity contribution in [3.05, 3.63) is 53.5 Å². The zero-order valence-corrected chi connectivity index (χ0v) is 14.1. The average molecular weight is 336 g/mol. The van der Waals surface area contributed by atoms with Crippen LogP contribution < -0.4 is 10.6 Å². The van der Waals surface area contributed by atoms with E-state index in [1.54, 1.807) is 12.1 Å². The molecule has 2 rings (SSSR count). The molecule has 0 aliphatic heterocycles. The lowest BCUT2D eigenvalue weighted by Gasteiger charge is -2.12. The zero-order valence-electron chi connectivity index (χ0n) is 13.3. The molecule has 7 heteroatoms. The number of sulfone groups is 1. The van der Waals surface area contributed by atoms with E-state index in [4.69, 9.17) is 4.42 Å². The molecule has 124 valence electrons. The largest absolute Gasteiger partial charge is 0.464 e. The second kappa shape index (κ2) is 6.87. The van der Waals surface area contributed by atoms with Crippen LogP contribution in [0.2, 0.25) is 0 Å². The molecule has 2 amide bonds. The van der Waals surface area contributed by atoms with Gasteiger partial charge in [0.05, 0.1) is 10.9 Å². The molecule has 0 radical (unpaired) electrons. The smallest absolute Gasteiger partial charge is 0.315 e. The maximum Gasteiger partial charge on any atom is 0.315 e. The van der Waals surface area contributed by atoms with E-state index in [-0.39, 0.29) is 17.0 Å². The third-order valence-corrected chi connectivity index (χ3v) is 4.47. The molecule has 2 aromatic rings. The molecule has 0 saturated carbocycles. The van der Waals surface area contributed by atoms with Gasteiger partial charge in [-0.3, -0.25) is 0 Å². The number of hydrogen-bond acceptors (Lipinski definition) is 4. The van der Waals surface area contributed by atoms with Gasteiger partial charge in [0.15, 0.2) is 9.84 Å². The first-order valence-corrected chi connectivity index (χ1v) is 9.04. The molecule has 0 saturated heterocycles. The van der Waals surface area contributed by atoms with E-state index in [1.807, 2.05) is 26.0 Å². The number of benzene rings is 1. The monoisotopic (exact) mass is 336 g/mol. The molecule has 0 aliphatic rings. The van der Waals surface area contributed by atoms with Gasteiger partial charge in [0.1, 0.15) is 11.5 Å². The van der Waals surface area contributed by atoms with Crippen LogP contribution >= 0.6 is 0 Å². The Hall–Kier alpha value is -2.28. The number of carbonyl (C=O) groups is 1. The van der Waals surface area contributed by atoms with Crippen LogP contribution in [0.25, 0.3) is 0 Å². The fourth-order valence-electron chi connectivity index (χ4n) is 2.04. The highest BCUT2D eigenvalue weighted by molar-refractivity contribution is 7.90. The highest BCUT2D eigenvalue weighted by Gasteiger charge is 2.12. The minimum Gasteiger partial charge on any atom is -0.464 e. The van der Waals surface area contributed by atoms with E-state index < -0.39 is 9.84 Å². The van der Waals surface area contributed by atoms with Gasteiger partial charge in [-0.2, -0.15) is 0 Å². The molecule has 1 heterocycles. The fourth-order valence-corrected chi connectivity index (χ4v) is 2.67. The molecule has 0 unspecified atom stereocenters. The van der Waals surface area contributed by atoms with E-state index in [0.717, 1.165) is 17.6 Å². The minimum absolute atomic E-state index is 0.240. The van der Waals surface area contributed by atoms with Crippen LogP contribution in [0.15, 0.2) is 45.7 Å². The Balaban J connectivity index is 1.87. The quantitative estimate of drug-likeness (QED) is 0.878. The van der Waals surface area contributed by atoms with Crippen molar-refractivity contribution in [1.82, 2.24) is 10.6 Å². The Morgan fingerprint density at radius 1 is 1.17 bits per heavy atom. The summed E-state index contributed by atoms with van der Waals surface area (Å²) in [6, 6.07) is 9.51. The molecule has 1 aromatic heterocycles. The molecule has 0 spiro atoms. The average Bonchev–Trinajstić information content (AvgIpc) is 2.91. The van der Waals surface area contributed by atoms with Gasteiger partial charge >= 0.3 is 6.03 Å². The van der Waals surface area contributed by atoms with Crippen molar-refractivity contribution in [3.8, 4) is 0 Å². The second-order valence-electron chi connectivity index (χ2n) is 5.41. The SMILES string of the molecule is Cc1ccc([C@@H](C)NC(=O)NCc2ccc(S(C)(=O)=O)cc2)o1. The summed E-state index contributed by atoms with van der Waals surface area (Å²) >= 11 is 0. The molecule has 0 fully saturated rings. The Kier molecular flexibility index (Phi) is 5.10. The van der Waals surface area contributed by atoms with Crippen LogP contribution in [-0.2, 0) is 16.4 Å². The summed E-state index contributed by atoms with van der Waals surface area (Å²) in [5.41, 5.74) is 0.814. The lowest BCUT2D eigenvalue weighted by atomic mass is 10.2. The first-order valence-electron chi connectivity index (χ1n) is 7.15. The minimum atomic E-state index is -3.21. The van der Waals surface area contributed by atoms with E-state index >= 15 is 0 Å². The number of nitrogens with one attached hydrogen (secondary N) is 2. The number of hydrogen-bond donors (Lipinski definition) is 2. The number of aryl methyl sites for hydroxylation is 1. The molecular formula is C16H20N2O4S. The van der Waals surface area contributed by atoms with E-state index in [2.05, 4.69) is 10.6 Å². The summed E-state index contributed by atoms with van der Waals surface area (Å²) in [6.45, 7) is 3.98. The lowest BCUT2D eigenvalue weighted by molar-refractivity contribution is 0.235. The summed E-state index contributed by atoms with van der Waals surface area (Å²) < 4.78 is 28.2. The number of furan rings is 1. The highest BCUT2D eigenvalue weighted by Crippen LogP contribution is 2.15. The Morgan fingerprint density at radius 3 is 2.35 bits per heavy atom. The van der Waals surface area contributed by atoms with Crippen LogP contribution in [0.5, 0.6) is 0 Å². The van der Waals surface area contributed by atoms with Crippen molar-refractivity contribution < 1.29 is 17.6 Å². The maximum atomic E-state index is 11.9. The molecule has 6 nitrogen and oxygen atoms in total. The molecule has 1 atom stereocenters. The third kappa shape index (κ3) is 4.85. The van der Waals surface area contributed by atoms with Gasteiger partial charge in [0, 0.05) is 12.8 Å². The summed E-state index contributed by atoms with van der Waals surface area (Å²) in [4.78, 5) is 12.1. The summed E-state index contributed by atoms with van der Waals surface area (Å²) in [7, 11) is -3.21. The van der Waals surface area contributed by atoms with Gasteiger partial charge in [-0.05, 0) is 43.7 Å². The molecule has 23 heavy (non-hydrogen) atoms. The van der Waals surface area contributed by atoms with Gasteiger partial charge in [-0.1, -0.05) is 12.1 Å². The maximum absolute atomic E-state index is 11.9. The van der Waals surface area contributed by atoms with Crippen molar-refractivity contribution in [2.24, 2.45) is 0 Å². The zero-order chi connectivity index (χ0) is 17.0. The van der Waals surface area contributed by atoms with Crippen LogP contribution in [0.3, 0.4) is 0 Å². The van der Waals surface area contributed by atoms with Crippen molar-refractivity contribution in [3.63, 3.8) is 0 Å². The fraction of sp³-hybridized carbons (Fsp3) is 0.312. The van der Waals surface area contributed by atoms with Gasteiger partial charge in [0.25, 0.3) is 0 Å². The third-order valence-electron chi connectivity index (χ3n) is 3.34. The Labute approximate surface area is 135 Å². The van der Waals surface area contributed by atoms with Crippen LogP contribution in [0.4, 0.5) is 4.79 Å². The molecule has 2 N–H and O–H groups in total. The van der Waals surface area contributed by atoms with Crippen LogP contribution in [0.1, 0.15) is 30.0 Å². The van der Waals surface area contributed by atoms with Crippen molar-refractivity contribution >= 4 is 15.9 Å². The Morgan fingerprint density at radius 2 is 1.83 bits per heavy atom. The molecule has 1 aromatic carbocycles. The normalized spacial score (nSPS) is 12.7. The van der Waals surface area contributed by atoms with Gasteiger partial charge in [0.2, 0.25) is 0 Å². The van der Waals surface area contributed by atoms with E-state index in [9.17, 15) is 13.2 Å². The Bertz CT molecular complexity index is 779. The van der Waals surface area contributed by atoms with Crippen molar-refractivity contribution in [2.75, 3.05) is 6.26 Å². The molecular weight excluding hydrogens is 316 g/mol. The topological polar surface area (TPSA) is 88.4 Å². The van der Waals surface area contributed by atoms with Gasteiger partial charge in [-0.15, -0.1) is 0 Å². The first kappa shape index (κ1) is 17.1. The first-order chi connectivity index (χ1) is 10.8. The predicted octanol–water partition coefficient (Wildman–Crippen LogP) is 2.55. The number of amides is 2. The predicted molar refractivity (Wildman–Crippen MR) is 86.8 cm³/mol. The van der Waals surface area contributed by atoms with Gasteiger partial charge in [-0.25, -0.2) is 13.2 Å². The highest BCUT2D eigenvalue weighted by atomic mass is 32.2. The van der Waals surface area contributed by atoms with Gasteiger partial charge < -0.3 is 15.1 Å². The van der Waals surface area contributed by atoms with Crippen molar-refractivity contribution in [2.45, 2.75) is 31.3 Å². The summed E-state index contributed by atoms with van der Waals surface area (Å²) in [5.74, 6) is 1.48. The number of carbonyl (C=O) groups excluding carboxylic acids is 1. The number of urea groups is 1. The molecule has 0 bridgehead atoms. The molecule has 0 aliphatic carbocycles. The summed E-state index contributed by atoms with van der Waals surface area (Å²) in [5, 5.41) is 5.50. The van der Waals surface area contributed by atoms with Crippen LogP contribution in [0, 0.1) is 6.92 Å². The number of rotatable bonds is 5. The second-order valence-corrected chi connectivity index (χ2v) is 7.43. The van der Waals surface area contributed by atoms with Crippen molar-refractivity contribution in [1.29, 1.82) is 0 Å². The summed E-state index contributed by atoms with van der Waals surface area (Å²) in [6.07, 6.45) is 1.16. The standard InChI is InChI=1S/C16H20N2O4S/c1-11-4-9-15(22-11)12(2)18-16(19)17-10-13-5-7-14(8-6-13)23(3,20)21/h4-9,12H,10H2,1-3H3,(H2,17,18,19)/t12-/m1/s1. The van der Waals surface area contributed by atoms with Crippen LogP contribution in [-0.4, -0.2) is 20.7 Å². The lowest BCUT2D eigenvalue weighted by Crippen LogP contribution is -2.36. The van der Waals surface area contributed by atoms with E-state index in [0.29, 0.717) is 12.3 Å².